The quantitative estimate of drug-likeness (QED) is 0.0640. The van der Waals surface area contributed by atoms with Crippen LogP contribution in [-0.4, -0.2) is 61.6 Å². The standard InChI is InChI=1S/C34H26F4N2O10/c1-39(8-9-46-27(41)6-7-28(42)50-32-29(37)21(35)14-22(36)30(32)38)34(44)49-26-13-20-19(12-23(26)45-3)17-5-4-16-10-24-25(48-15-47-24)11-18(16)31(17)40(2)33(20)43/h4-5,10-14H,6-9,15H2,1-3H3. The van der Waals surface area contributed by atoms with E-state index in [0.717, 1.165) is 21.1 Å². The van der Waals surface area contributed by atoms with Crippen molar-refractivity contribution < 1.29 is 60.4 Å². The number of aromatic nitrogens is 1. The summed E-state index contributed by atoms with van der Waals surface area (Å²) in [5.74, 6) is -9.91. The minimum Gasteiger partial charge on any atom is -0.493 e. The summed E-state index contributed by atoms with van der Waals surface area (Å²) >= 11 is 0. The Kier molecular flexibility index (Phi) is 9.10. The fourth-order valence-electron chi connectivity index (χ4n) is 5.40. The van der Waals surface area contributed by atoms with Crippen molar-refractivity contribution in [2.45, 2.75) is 12.8 Å². The minimum atomic E-state index is -1.91. The van der Waals surface area contributed by atoms with Crippen molar-refractivity contribution in [2.75, 3.05) is 34.1 Å². The number of likely N-dealkylation sites (N-methyl/N-ethyl adjacent to an activating group) is 1. The number of aryl methyl sites for hydroxylation is 1. The maximum Gasteiger partial charge on any atom is 0.415 e. The summed E-state index contributed by atoms with van der Waals surface area (Å²) < 4.78 is 86.9. The molecule has 5 aromatic rings. The molecule has 260 valence electrons. The molecular weight excluding hydrogens is 672 g/mol. The lowest BCUT2D eigenvalue weighted by Gasteiger charge is -2.19. The molecule has 0 spiro atoms. The van der Waals surface area contributed by atoms with Crippen LogP contribution in [0.4, 0.5) is 22.4 Å². The number of pyridine rings is 1. The van der Waals surface area contributed by atoms with E-state index in [2.05, 4.69) is 4.74 Å². The van der Waals surface area contributed by atoms with Crippen molar-refractivity contribution in [1.82, 2.24) is 9.47 Å². The van der Waals surface area contributed by atoms with Crippen LogP contribution >= 0.6 is 0 Å². The van der Waals surface area contributed by atoms with Gasteiger partial charge in [-0.2, -0.15) is 8.78 Å². The van der Waals surface area contributed by atoms with Crippen molar-refractivity contribution >= 4 is 50.5 Å². The molecule has 0 saturated carbocycles. The first-order valence-electron chi connectivity index (χ1n) is 14.9. The molecule has 0 atom stereocenters. The average Bonchev–Trinajstić information content (AvgIpc) is 3.56. The monoisotopic (exact) mass is 698 g/mol. The molecule has 16 heteroatoms. The van der Waals surface area contributed by atoms with Gasteiger partial charge in [0.1, 0.15) is 6.61 Å². The number of methoxy groups -OCH3 is 1. The van der Waals surface area contributed by atoms with Gasteiger partial charge >= 0.3 is 18.0 Å². The minimum absolute atomic E-state index is 0.0426. The first-order valence-corrected chi connectivity index (χ1v) is 14.9. The molecule has 0 aliphatic carbocycles. The summed E-state index contributed by atoms with van der Waals surface area (Å²) in [5, 5.41) is 3.17. The highest BCUT2D eigenvalue weighted by molar-refractivity contribution is 6.16. The van der Waals surface area contributed by atoms with E-state index in [1.165, 1.54) is 24.8 Å². The van der Waals surface area contributed by atoms with Crippen LogP contribution in [0.5, 0.6) is 28.7 Å². The number of rotatable bonds is 9. The molecule has 0 saturated heterocycles. The van der Waals surface area contributed by atoms with Gasteiger partial charge in [0.05, 0.1) is 37.4 Å². The van der Waals surface area contributed by atoms with E-state index >= 15 is 0 Å². The summed E-state index contributed by atoms with van der Waals surface area (Å²) in [6.07, 6.45) is -2.22. The molecule has 50 heavy (non-hydrogen) atoms. The molecule has 1 aliphatic rings. The Morgan fingerprint density at radius 2 is 1.48 bits per heavy atom. The van der Waals surface area contributed by atoms with Gasteiger partial charge in [0.15, 0.2) is 34.6 Å². The van der Waals surface area contributed by atoms with Crippen LogP contribution in [0.1, 0.15) is 12.8 Å². The summed E-state index contributed by atoms with van der Waals surface area (Å²) in [5.41, 5.74) is 0.293. The lowest BCUT2D eigenvalue weighted by Crippen LogP contribution is -2.33. The topological polar surface area (TPSA) is 132 Å². The van der Waals surface area contributed by atoms with Gasteiger partial charge in [0.25, 0.3) is 5.56 Å². The molecular formula is C34H26F4N2O10. The Hall–Kier alpha value is -6.06. The molecule has 1 aromatic heterocycles. The SMILES string of the molecule is COc1cc2c(cc1OC(=O)N(C)CCOC(=O)CCC(=O)Oc1c(F)c(F)cc(F)c1F)c(=O)n(C)c1c3cc4c(cc3ccc21)OCO4. The maximum absolute atomic E-state index is 13.7. The smallest absolute Gasteiger partial charge is 0.415 e. The Balaban J connectivity index is 1.10. The third kappa shape index (κ3) is 6.26. The van der Waals surface area contributed by atoms with Crippen LogP contribution in [0.25, 0.3) is 32.4 Å². The van der Waals surface area contributed by atoms with Crippen LogP contribution in [0.3, 0.4) is 0 Å². The highest BCUT2D eigenvalue weighted by Gasteiger charge is 2.24. The molecule has 2 heterocycles. The van der Waals surface area contributed by atoms with E-state index in [1.807, 2.05) is 24.3 Å². The highest BCUT2D eigenvalue weighted by atomic mass is 19.2. The Morgan fingerprint density at radius 3 is 2.18 bits per heavy atom. The normalized spacial score (nSPS) is 12.0. The van der Waals surface area contributed by atoms with Crippen LogP contribution in [0.15, 0.2) is 47.3 Å². The van der Waals surface area contributed by atoms with Crippen molar-refractivity contribution in [1.29, 1.82) is 0 Å². The van der Waals surface area contributed by atoms with E-state index in [4.69, 9.17) is 23.7 Å². The Labute approximate surface area is 279 Å². The Morgan fingerprint density at radius 1 is 0.820 bits per heavy atom. The predicted molar refractivity (Wildman–Crippen MR) is 168 cm³/mol. The van der Waals surface area contributed by atoms with Gasteiger partial charge in [-0.1, -0.05) is 12.1 Å². The predicted octanol–water partition coefficient (Wildman–Crippen LogP) is 5.50. The number of esters is 2. The highest BCUT2D eigenvalue weighted by Crippen LogP contribution is 2.41. The number of amides is 1. The molecule has 0 unspecified atom stereocenters. The zero-order valence-corrected chi connectivity index (χ0v) is 26.6. The number of nitrogens with zero attached hydrogens (tertiary/aromatic N) is 2. The van der Waals surface area contributed by atoms with E-state index in [0.29, 0.717) is 22.4 Å². The van der Waals surface area contributed by atoms with Crippen molar-refractivity contribution in [3.05, 3.63) is 76.1 Å². The van der Waals surface area contributed by atoms with Gasteiger partial charge in [-0.05, 0) is 29.7 Å². The number of halogens is 4. The Bertz CT molecular complexity index is 2270. The lowest BCUT2D eigenvalue weighted by atomic mass is 10.00. The third-order valence-electron chi connectivity index (χ3n) is 7.97. The van der Waals surface area contributed by atoms with E-state index in [1.54, 1.807) is 13.1 Å². The van der Waals surface area contributed by atoms with Crippen LogP contribution < -0.4 is 29.2 Å². The lowest BCUT2D eigenvalue weighted by molar-refractivity contribution is -0.147. The van der Waals surface area contributed by atoms with Crippen LogP contribution in [0, 0.1) is 23.3 Å². The van der Waals surface area contributed by atoms with Crippen LogP contribution in [-0.2, 0) is 21.4 Å². The van der Waals surface area contributed by atoms with Gasteiger partial charge in [-0.25, -0.2) is 13.6 Å². The largest absolute Gasteiger partial charge is 0.493 e. The third-order valence-corrected chi connectivity index (χ3v) is 7.97. The number of carbonyl (C=O) groups is 3. The number of hydrogen-bond acceptors (Lipinski definition) is 10. The molecule has 4 aromatic carbocycles. The second-order valence-electron chi connectivity index (χ2n) is 11.1. The number of ether oxygens (including phenoxy) is 6. The van der Waals surface area contributed by atoms with Gasteiger partial charge in [0, 0.05) is 36.3 Å². The number of hydrogen-bond donors (Lipinski definition) is 0. The average molecular weight is 699 g/mol. The second-order valence-corrected chi connectivity index (χ2v) is 11.1. The first-order chi connectivity index (χ1) is 23.9. The number of fused-ring (bicyclic) bond motifs is 6. The molecule has 0 N–H and O–H groups in total. The summed E-state index contributed by atoms with van der Waals surface area (Å²) in [4.78, 5) is 51.6. The van der Waals surface area contributed by atoms with Gasteiger partial charge in [0.2, 0.25) is 24.2 Å². The molecule has 0 bridgehead atoms. The van der Waals surface area contributed by atoms with E-state index in [9.17, 15) is 36.7 Å². The first kappa shape index (κ1) is 33.8. The summed E-state index contributed by atoms with van der Waals surface area (Å²) in [7, 11) is 4.36. The summed E-state index contributed by atoms with van der Waals surface area (Å²) in [6.45, 7) is -0.405. The molecule has 1 amide bonds. The fourth-order valence-corrected chi connectivity index (χ4v) is 5.40. The summed E-state index contributed by atoms with van der Waals surface area (Å²) in [6, 6.07) is 10.4. The zero-order chi connectivity index (χ0) is 35.9. The zero-order valence-electron chi connectivity index (χ0n) is 26.6. The van der Waals surface area contributed by atoms with Gasteiger partial charge < -0.3 is 37.9 Å². The second kappa shape index (κ2) is 13.4. The van der Waals surface area contributed by atoms with E-state index in [-0.39, 0.29) is 48.5 Å². The van der Waals surface area contributed by atoms with Gasteiger partial charge in [-0.3, -0.25) is 14.4 Å². The molecule has 6 rings (SSSR count). The van der Waals surface area contributed by atoms with Crippen molar-refractivity contribution in [3.63, 3.8) is 0 Å². The van der Waals surface area contributed by atoms with Crippen molar-refractivity contribution in [3.8, 4) is 28.7 Å². The van der Waals surface area contributed by atoms with Crippen LogP contribution in [0.2, 0.25) is 0 Å². The number of carbonyl (C=O) groups excluding carboxylic acids is 3. The fraction of sp³-hybridized carbons (Fsp3) is 0.235. The molecule has 12 nitrogen and oxygen atoms in total. The van der Waals surface area contributed by atoms with Gasteiger partial charge in [-0.15, -0.1) is 0 Å². The maximum atomic E-state index is 13.7. The molecule has 0 fully saturated rings. The molecule has 0 radical (unpaired) electrons. The van der Waals surface area contributed by atoms with Crippen molar-refractivity contribution in [2.24, 2.45) is 7.05 Å². The molecule has 1 aliphatic heterocycles. The van der Waals surface area contributed by atoms with E-state index < -0.39 is 59.9 Å². The number of benzene rings is 4.